The van der Waals surface area contributed by atoms with E-state index in [1.807, 2.05) is 72.1 Å². The molecule has 3 N–H and O–H groups in total. The SMILES string of the molecule is CO/N=C(\c1ccccc1)c1ccc(-c2nc([C@H]3C[C@@](C)(O)C3)n3ccnc(N)c23)cc1. The van der Waals surface area contributed by atoms with Crippen molar-refractivity contribution in [3.63, 3.8) is 0 Å². The minimum atomic E-state index is -0.634. The molecule has 1 fully saturated rings. The molecular formula is C25H25N5O2. The number of aliphatic hydroxyl groups is 1. The maximum atomic E-state index is 10.2. The van der Waals surface area contributed by atoms with E-state index in [1.165, 1.54) is 0 Å². The highest BCUT2D eigenvalue weighted by molar-refractivity contribution is 6.12. The predicted molar refractivity (Wildman–Crippen MR) is 125 cm³/mol. The average molecular weight is 428 g/mol. The Hall–Kier alpha value is -3.71. The van der Waals surface area contributed by atoms with Crippen LogP contribution in [-0.2, 0) is 4.84 Å². The van der Waals surface area contributed by atoms with Gasteiger partial charge in [0.25, 0.3) is 0 Å². The van der Waals surface area contributed by atoms with Crippen LogP contribution in [0.1, 0.15) is 42.6 Å². The molecule has 0 atom stereocenters. The van der Waals surface area contributed by atoms with E-state index in [2.05, 4.69) is 10.1 Å². The van der Waals surface area contributed by atoms with Gasteiger partial charge in [0, 0.05) is 35.0 Å². The van der Waals surface area contributed by atoms with Gasteiger partial charge in [-0.15, -0.1) is 0 Å². The summed E-state index contributed by atoms with van der Waals surface area (Å²) in [4.78, 5) is 14.3. The number of nitrogens with two attached hydrogens (primary N) is 1. The molecule has 0 amide bonds. The summed E-state index contributed by atoms with van der Waals surface area (Å²) in [6, 6.07) is 18.0. The van der Waals surface area contributed by atoms with Gasteiger partial charge in [-0.05, 0) is 19.8 Å². The van der Waals surface area contributed by atoms with Crippen molar-refractivity contribution in [2.45, 2.75) is 31.3 Å². The molecule has 0 bridgehead atoms. The third-order valence-electron chi connectivity index (χ3n) is 6.01. The first-order valence-electron chi connectivity index (χ1n) is 10.6. The number of nitrogens with zero attached hydrogens (tertiary/aromatic N) is 4. The van der Waals surface area contributed by atoms with Gasteiger partial charge < -0.3 is 15.7 Å². The summed E-state index contributed by atoms with van der Waals surface area (Å²) in [6.07, 6.45) is 4.93. The Morgan fingerprint density at radius 2 is 1.81 bits per heavy atom. The van der Waals surface area contributed by atoms with Gasteiger partial charge >= 0.3 is 0 Å². The minimum Gasteiger partial charge on any atom is -0.399 e. The van der Waals surface area contributed by atoms with E-state index in [0.29, 0.717) is 18.7 Å². The lowest BCUT2D eigenvalue weighted by Gasteiger charge is -2.40. The van der Waals surface area contributed by atoms with Crippen LogP contribution in [0.5, 0.6) is 0 Å². The number of anilines is 1. The Balaban J connectivity index is 1.56. The molecule has 0 aliphatic heterocycles. The number of rotatable bonds is 5. The van der Waals surface area contributed by atoms with Gasteiger partial charge in [0.15, 0.2) is 0 Å². The summed E-state index contributed by atoms with van der Waals surface area (Å²) in [6.45, 7) is 1.86. The Morgan fingerprint density at radius 1 is 1.12 bits per heavy atom. The fraction of sp³-hybridized carbons (Fsp3) is 0.240. The average Bonchev–Trinajstić information content (AvgIpc) is 3.17. The van der Waals surface area contributed by atoms with Crippen molar-refractivity contribution in [3.05, 3.63) is 83.9 Å². The third kappa shape index (κ3) is 3.50. The molecule has 7 nitrogen and oxygen atoms in total. The Morgan fingerprint density at radius 3 is 2.47 bits per heavy atom. The van der Waals surface area contributed by atoms with Crippen LogP contribution in [-0.4, -0.2) is 37.9 Å². The van der Waals surface area contributed by atoms with Crippen molar-refractivity contribution in [3.8, 4) is 11.3 Å². The first-order chi connectivity index (χ1) is 15.5. The van der Waals surface area contributed by atoms with Gasteiger partial charge in [-0.1, -0.05) is 59.8 Å². The molecule has 2 aromatic carbocycles. The Labute approximate surface area is 186 Å². The van der Waals surface area contributed by atoms with Crippen LogP contribution in [0.2, 0.25) is 0 Å². The Kier molecular flexibility index (Phi) is 4.90. The summed E-state index contributed by atoms with van der Waals surface area (Å²) in [7, 11) is 1.55. The number of nitrogen functional groups attached to an aromatic ring is 1. The Bertz CT molecular complexity index is 1290. The summed E-state index contributed by atoms with van der Waals surface area (Å²) in [5.74, 6) is 1.53. The standard InChI is InChI=1S/C25H25N5O2/c1-25(31)14-19(15-25)24-28-21(22-23(26)27-12-13-30(22)24)18-10-8-17(9-11-18)20(29-32-2)16-6-4-3-5-7-16/h3-13,19,31H,14-15H2,1-2H3,(H2,26,27)/b29-20+/t19-,25+. The molecule has 1 aliphatic carbocycles. The summed E-state index contributed by atoms with van der Waals surface area (Å²) < 4.78 is 2.01. The molecule has 1 aliphatic rings. The molecule has 4 aromatic rings. The van der Waals surface area contributed by atoms with Gasteiger partial charge in [0.2, 0.25) is 0 Å². The lowest BCUT2D eigenvalue weighted by molar-refractivity contribution is -0.0335. The molecule has 0 saturated heterocycles. The van der Waals surface area contributed by atoms with Crippen LogP contribution in [0.25, 0.3) is 16.8 Å². The minimum absolute atomic E-state index is 0.186. The van der Waals surface area contributed by atoms with Gasteiger partial charge in [0.05, 0.1) is 5.60 Å². The summed E-state index contributed by atoms with van der Waals surface area (Å²) in [5.41, 5.74) is 10.8. The number of oxime groups is 1. The molecule has 5 rings (SSSR count). The normalized spacial score (nSPS) is 20.8. The van der Waals surface area contributed by atoms with Crippen molar-refractivity contribution in [2.24, 2.45) is 5.16 Å². The number of aromatic nitrogens is 3. The molecule has 0 spiro atoms. The largest absolute Gasteiger partial charge is 0.399 e. The van der Waals surface area contributed by atoms with Crippen molar-refractivity contribution in [1.82, 2.24) is 14.4 Å². The number of imidazole rings is 1. The van der Waals surface area contributed by atoms with Crippen LogP contribution in [0.4, 0.5) is 5.82 Å². The molecule has 162 valence electrons. The van der Waals surface area contributed by atoms with Crippen LogP contribution in [0.15, 0.2) is 72.1 Å². The first-order valence-corrected chi connectivity index (χ1v) is 10.6. The molecule has 7 heteroatoms. The third-order valence-corrected chi connectivity index (χ3v) is 6.01. The van der Waals surface area contributed by atoms with Crippen LogP contribution < -0.4 is 5.73 Å². The van der Waals surface area contributed by atoms with Gasteiger partial charge in [-0.25, -0.2) is 9.97 Å². The molecule has 2 heterocycles. The van der Waals surface area contributed by atoms with E-state index in [-0.39, 0.29) is 5.92 Å². The first kappa shape index (κ1) is 20.2. The molecule has 1 saturated carbocycles. The second-order valence-corrected chi connectivity index (χ2v) is 8.52. The lowest BCUT2D eigenvalue weighted by Crippen LogP contribution is -2.40. The lowest BCUT2D eigenvalue weighted by atomic mass is 9.72. The van der Waals surface area contributed by atoms with E-state index < -0.39 is 5.60 Å². The van der Waals surface area contributed by atoms with Crippen LogP contribution >= 0.6 is 0 Å². The molecule has 2 aromatic heterocycles. The highest BCUT2D eigenvalue weighted by Gasteiger charge is 2.41. The highest BCUT2D eigenvalue weighted by Crippen LogP contribution is 2.45. The van der Waals surface area contributed by atoms with Crippen molar-refractivity contribution in [2.75, 3.05) is 12.8 Å². The zero-order valence-corrected chi connectivity index (χ0v) is 18.1. The monoisotopic (exact) mass is 427 g/mol. The topological polar surface area (TPSA) is 98.0 Å². The molecule has 0 radical (unpaired) electrons. The maximum absolute atomic E-state index is 10.2. The van der Waals surface area contributed by atoms with Crippen molar-refractivity contribution >= 4 is 17.0 Å². The van der Waals surface area contributed by atoms with E-state index in [9.17, 15) is 5.11 Å². The summed E-state index contributed by atoms with van der Waals surface area (Å²) >= 11 is 0. The number of benzene rings is 2. The molecule has 0 unspecified atom stereocenters. The highest BCUT2D eigenvalue weighted by atomic mass is 16.6. The fourth-order valence-corrected chi connectivity index (χ4v) is 4.51. The van der Waals surface area contributed by atoms with Crippen LogP contribution in [0.3, 0.4) is 0 Å². The number of hydrogen-bond donors (Lipinski definition) is 2. The smallest absolute Gasteiger partial charge is 0.150 e. The maximum Gasteiger partial charge on any atom is 0.150 e. The van der Waals surface area contributed by atoms with E-state index in [1.54, 1.807) is 13.3 Å². The fourth-order valence-electron chi connectivity index (χ4n) is 4.51. The quantitative estimate of drug-likeness (QED) is 0.370. The zero-order chi connectivity index (χ0) is 22.3. The van der Waals surface area contributed by atoms with Crippen LogP contribution in [0, 0.1) is 0 Å². The van der Waals surface area contributed by atoms with E-state index in [4.69, 9.17) is 15.6 Å². The zero-order valence-electron chi connectivity index (χ0n) is 18.1. The second kappa shape index (κ2) is 7.76. The molecular weight excluding hydrogens is 402 g/mol. The summed E-state index contributed by atoms with van der Waals surface area (Å²) in [5, 5.41) is 14.5. The van der Waals surface area contributed by atoms with Crippen molar-refractivity contribution in [1.29, 1.82) is 0 Å². The predicted octanol–water partition coefficient (Wildman–Crippen LogP) is 4.01. The number of hydrogen-bond acceptors (Lipinski definition) is 6. The van der Waals surface area contributed by atoms with Crippen molar-refractivity contribution < 1.29 is 9.94 Å². The van der Waals surface area contributed by atoms with Gasteiger partial charge in [-0.3, -0.25) is 4.40 Å². The second-order valence-electron chi connectivity index (χ2n) is 8.52. The van der Waals surface area contributed by atoms with E-state index in [0.717, 1.165) is 39.4 Å². The van der Waals surface area contributed by atoms with Gasteiger partial charge in [-0.2, -0.15) is 0 Å². The number of fused-ring (bicyclic) bond motifs is 1. The molecule has 32 heavy (non-hydrogen) atoms. The van der Waals surface area contributed by atoms with Gasteiger partial charge in [0.1, 0.15) is 35.7 Å². The van der Waals surface area contributed by atoms with E-state index >= 15 is 0 Å².